The Labute approximate surface area is 180 Å². The highest BCUT2D eigenvalue weighted by atomic mass is 127. The van der Waals surface area contributed by atoms with Crippen LogP contribution < -0.4 is 24.0 Å². The van der Waals surface area contributed by atoms with Crippen molar-refractivity contribution < 1.29 is 41.7 Å². The van der Waals surface area contributed by atoms with Crippen molar-refractivity contribution in [1.82, 2.24) is 0 Å². The number of hydrogen-bond donors (Lipinski definition) is 0. The lowest BCUT2D eigenvalue weighted by atomic mass is 10.3. The van der Waals surface area contributed by atoms with Crippen molar-refractivity contribution in [1.29, 1.82) is 0 Å². The van der Waals surface area contributed by atoms with Gasteiger partial charge in [-0.25, -0.2) is 0 Å². The molecule has 0 radical (unpaired) electrons. The van der Waals surface area contributed by atoms with Gasteiger partial charge in [-0.2, -0.15) is 0 Å². The van der Waals surface area contributed by atoms with Gasteiger partial charge in [-0.1, -0.05) is 40.5 Å². The lowest BCUT2D eigenvalue weighted by Crippen LogP contribution is -3.00. The van der Waals surface area contributed by atoms with Crippen LogP contribution in [0.5, 0.6) is 0 Å². The van der Waals surface area contributed by atoms with E-state index in [1.165, 1.54) is 0 Å². The zero-order valence-electron chi connectivity index (χ0n) is 17.3. The molecule has 26 heavy (non-hydrogen) atoms. The summed E-state index contributed by atoms with van der Waals surface area (Å²) in [6.45, 7) is 24.8. The van der Waals surface area contributed by atoms with Gasteiger partial charge in [0.05, 0.1) is 19.6 Å². The molecule has 0 fully saturated rings. The van der Waals surface area contributed by atoms with Crippen molar-refractivity contribution in [3.63, 3.8) is 0 Å². The van der Waals surface area contributed by atoms with Gasteiger partial charge < -0.3 is 41.7 Å². The Morgan fingerprint density at radius 1 is 0.769 bits per heavy atom. The van der Waals surface area contributed by atoms with Crippen LogP contribution in [-0.2, 0) is 13.3 Å². The Hall–Kier alpha value is 0.00688. The summed E-state index contributed by atoms with van der Waals surface area (Å²) in [6.07, 6.45) is 8.71. The highest BCUT2D eigenvalue weighted by Crippen LogP contribution is 2.27. The first-order chi connectivity index (χ1) is 12.0. The number of hydrogen-bond acceptors (Lipinski definition) is 3. The summed E-state index contributed by atoms with van der Waals surface area (Å²) in [5, 5.41) is 0. The third-order valence-electron chi connectivity index (χ3n) is 4.33. The monoisotopic (exact) mass is 497 g/mol. The number of rotatable bonds is 17. The fourth-order valence-electron chi connectivity index (χ4n) is 3.02. The third-order valence-corrected chi connectivity index (χ3v) is 7.72. The topological polar surface area (TPSA) is 27.7 Å². The quantitative estimate of drug-likeness (QED) is 0.132. The van der Waals surface area contributed by atoms with Crippen LogP contribution in [0.4, 0.5) is 0 Å². The molecule has 0 rings (SSSR count). The minimum Gasteiger partial charge on any atom is -1.00 e. The van der Waals surface area contributed by atoms with Gasteiger partial charge in [0.1, 0.15) is 0 Å². The van der Waals surface area contributed by atoms with E-state index in [1.807, 2.05) is 18.2 Å². The number of halogens is 1. The summed E-state index contributed by atoms with van der Waals surface area (Å²) in [5.41, 5.74) is 0.0751. The van der Waals surface area contributed by atoms with Crippen molar-refractivity contribution in [3.8, 4) is 0 Å². The molecule has 154 valence electrons. The first-order valence-corrected chi connectivity index (χ1v) is 11.4. The summed E-state index contributed by atoms with van der Waals surface area (Å²) in [4.78, 5) is 0. The average molecular weight is 498 g/mol. The van der Waals surface area contributed by atoms with E-state index in [2.05, 4.69) is 47.4 Å². The average Bonchev–Trinajstić information content (AvgIpc) is 2.61. The molecule has 1 atom stereocenters. The zero-order chi connectivity index (χ0) is 19.2. The minimum absolute atomic E-state index is 0. The molecule has 0 heterocycles. The van der Waals surface area contributed by atoms with Crippen LogP contribution in [-0.4, -0.2) is 58.4 Å². The molecule has 6 heteroatoms. The van der Waals surface area contributed by atoms with Crippen molar-refractivity contribution in [2.24, 2.45) is 0 Å². The Morgan fingerprint density at radius 3 is 1.31 bits per heavy atom. The van der Waals surface area contributed by atoms with Crippen LogP contribution >= 0.6 is 0 Å². The first-order valence-electron chi connectivity index (χ1n) is 9.62. The van der Waals surface area contributed by atoms with Crippen LogP contribution in [0, 0.1) is 0 Å². The molecule has 0 saturated heterocycles. The van der Waals surface area contributed by atoms with E-state index in [9.17, 15) is 0 Å². The van der Waals surface area contributed by atoms with Crippen molar-refractivity contribution in [2.45, 2.75) is 52.6 Å². The van der Waals surface area contributed by atoms with E-state index < -0.39 is 8.80 Å². The number of nitrogens with zero attached hydrogens (tertiary/aromatic N) is 1. The molecule has 0 aromatic heterocycles. The molecule has 4 nitrogen and oxygen atoms in total. The van der Waals surface area contributed by atoms with Crippen LogP contribution in [0.2, 0.25) is 0 Å². The Morgan fingerprint density at radius 2 is 1.08 bits per heavy atom. The summed E-state index contributed by atoms with van der Waals surface area (Å²) >= 11 is 0. The number of quaternary nitrogens is 1. The lowest BCUT2D eigenvalue weighted by molar-refractivity contribution is -0.925. The maximum atomic E-state index is 6.37. The van der Waals surface area contributed by atoms with Crippen molar-refractivity contribution in [3.05, 3.63) is 38.0 Å². The second-order valence-corrected chi connectivity index (χ2v) is 9.37. The Kier molecular flexibility index (Phi) is 17.4. The third kappa shape index (κ3) is 8.35. The minimum atomic E-state index is -2.88. The predicted octanol–water partition coefficient (Wildman–Crippen LogP) is 1.51. The van der Waals surface area contributed by atoms with Gasteiger partial charge in [-0.05, 0) is 44.4 Å². The van der Waals surface area contributed by atoms with Crippen LogP contribution in [0.1, 0.15) is 47.0 Å². The van der Waals surface area contributed by atoms with E-state index >= 15 is 0 Å². The Bertz CT molecular complexity index is 345. The van der Waals surface area contributed by atoms with E-state index in [1.54, 1.807) is 0 Å². The van der Waals surface area contributed by atoms with E-state index in [0.717, 1.165) is 43.4 Å². The molecule has 0 spiro atoms. The van der Waals surface area contributed by atoms with Gasteiger partial charge in [0.2, 0.25) is 0 Å². The van der Waals surface area contributed by atoms with Gasteiger partial charge in [-0.3, -0.25) is 0 Å². The highest BCUT2D eigenvalue weighted by molar-refractivity contribution is 6.62. The molecular weight excluding hydrogens is 457 g/mol. The van der Waals surface area contributed by atoms with Crippen LogP contribution in [0.3, 0.4) is 0 Å². The van der Waals surface area contributed by atoms with Crippen molar-refractivity contribution >= 4 is 8.80 Å². The fraction of sp³-hybridized carbons (Fsp3) is 0.700. The lowest BCUT2D eigenvalue weighted by Gasteiger charge is -2.47. The van der Waals surface area contributed by atoms with Gasteiger partial charge in [0.25, 0.3) is 0 Å². The van der Waals surface area contributed by atoms with Crippen molar-refractivity contribution in [2.75, 3.05) is 39.5 Å². The summed E-state index contributed by atoms with van der Waals surface area (Å²) in [5.74, 6) is 0. The molecule has 0 saturated carbocycles. The predicted molar refractivity (Wildman–Crippen MR) is 109 cm³/mol. The summed E-state index contributed by atoms with van der Waals surface area (Å²) < 4.78 is 19.8. The molecule has 0 N–H and O–H groups in total. The van der Waals surface area contributed by atoms with E-state index in [4.69, 9.17) is 13.3 Å². The Balaban J connectivity index is 0. The fourth-order valence-corrected chi connectivity index (χ4v) is 6.45. The second kappa shape index (κ2) is 16.0. The molecule has 1 unspecified atom stereocenters. The second-order valence-electron chi connectivity index (χ2n) is 6.46. The highest BCUT2D eigenvalue weighted by Gasteiger charge is 2.57. The normalized spacial score (nSPS) is 12.9. The molecule has 0 aliphatic carbocycles. The standard InChI is InChI=1S/C20H40NO3Si.HI/c1-8-14-21(15-9-2,16-10-3)20(7)25(22-17-11-4,23-18-12-5)24-19-13-6;/h8-10,20H,1-3,11-19H2,4-7H3;1H/q+1;/p-1. The molecule has 0 aromatic rings. The molecular formula is C20H40INO3Si. The molecule has 0 amide bonds. The smallest absolute Gasteiger partial charge is 0.562 e. The molecule has 0 bridgehead atoms. The molecule has 0 aromatic carbocycles. The maximum absolute atomic E-state index is 6.37. The van der Waals surface area contributed by atoms with E-state index in [0.29, 0.717) is 19.8 Å². The SMILES string of the molecule is C=CC[N+](CC=C)(CC=C)C(C)[Si](OCCC)(OCCC)OCCC.[I-]. The largest absolute Gasteiger partial charge is 1.00 e. The van der Waals surface area contributed by atoms with Gasteiger partial charge in [0, 0.05) is 19.8 Å². The molecule has 0 aliphatic heterocycles. The van der Waals surface area contributed by atoms with Gasteiger partial charge >= 0.3 is 8.80 Å². The van der Waals surface area contributed by atoms with Crippen LogP contribution in [0.25, 0.3) is 0 Å². The zero-order valence-corrected chi connectivity index (χ0v) is 20.5. The van der Waals surface area contributed by atoms with E-state index in [-0.39, 0.29) is 29.6 Å². The molecule has 0 aliphatic rings. The maximum Gasteiger partial charge on any atom is 0.562 e. The summed E-state index contributed by atoms with van der Waals surface area (Å²) in [6, 6.07) is 0. The van der Waals surface area contributed by atoms with Crippen LogP contribution in [0.15, 0.2) is 38.0 Å². The van der Waals surface area contributed by atoms with Gasteiger partial charge in [-0.15, -0.1) is 0 Å². The first kappa shape index (κ1) is 28.2. The van der Waals surface area contributed by atoms with Gasteiger partial charge in [0.15, 0.2) is 5.67 Å². The summed E-state index contributed by atoms with van der Waals surface area (Å²) in [7, 11) is -2.88.